The predicted octanol–water partition coefficient (Wildman–Crippen LogP) is 3.63. The van der Waals surface area contributed by atoms with Crippen LogP contribution >= 0.6 is 15.9 Å². The van der Waals surface area contributed by atoms with E-state index in [0.29, 0.717) is 29.3 Å². The van der Waals surface area contributed by atoms with Gasteiger partial charge in [-0.2, -0.15) is 0 Å². The van der Waals surface area contributed by atoms with Crippen LogP contribution in [-0.2, 0) is 16.4 Å². The number of aryl methyl sites for hydroxylation is 2. The van der Waals surface area contributed by atoms with Gasteiger partial charge in [0.1, 0.15) is 16.8 Å². The van der Waals surface area contributed by atoms with Gasteiger partial charge >= 0.3 is 0 Å². The van der Waals surface area contributed by atoms with Crippen molar-refractivity contribution in [3.8, 4) is 17.4 Å². The zero-order valence-corrected chi connectivity index (χ0v) is 21.7. The minimum absolute atomic E-state index is 0.0720. The quantitative estimate of drug-likeness (QED) is 0.392. The largest absolute Gasteiger partial charge is 0.493 e. The maximum atomic E-state index is 12.8. The van der Waals surface area contributed by atoms with Crippen LogP contribution < -0.4 is 25.1 Å². The summed E-state index contributed by atoms with van der Waals surface area (Å²) in [6.07, 6.45) is 0. The average molecular weight is 552 g/mol. The van der Waals surface area contributed by atoms with E-state index < -0.39 is 15.4 Å². The van der Waals surface area contributed by atoms with E-state index >= 15 is 0 Å². The summed E-state index contributed by atoms with van der Waals surface area (Å²) in [6, 6.07) is 10.6. The molecule has 0 unspecified atom stereocenters. The minimum atomic E-state index is -3.56. The Hall–Kier alpha value is -3.05. The summed E-state index contributed by atoms with van der Waals surface area (Å²) in [4.78, 5) is 12.3. The number of aromatic amines is 1. The summed E-state index contributed by atoms with van der Waals surface area (Å²) in [5, 5.41) is 9.40. The molecule has 0 bridgehead atoms. The van der Waals surface area contributed by atoms with Crippen molar-refractivity contribution in [1.29, 1.82) is 0 Å². The Morgan fingerprint density at radius 1 is 1.06 bits per heavy atom. The molecule has 3 rings (SSSR count). The maximum absolute atomic E-state index is 12.8. The first-order chi connectivity index (χ1) is 16.2. The molecule has 0 saturated heterocycles. The molecule has 1 heterocycles. The molecule has 182 valence electrons. The molecule has 0 atom stereocenters. The molecule has 0 aliphatic carbocycles. The number of halogens is 1. The van der Waals surface area contributed by atoms with E-state index in [-0.39, 0.29) is 27.6 Å². The first-order valence-electron chi connectivity index (χ1n) is 10.3. The fraction of sp³-hybridized carbons (Fsp3) is 0.304. The fourth-order valence-electron chi connectivity index (χ4n) is 3.36. The third-order valence-electron chi connectivity index (χ3n) is 5.07. The SMILES string of the molecule is COc1ccc(CNc2c(OCCS(=O)(=O)c3ccc(C)cc3C)n[nH]c(=O)c2Br)cc1OC. The van der Waals surface area contributed by atoms with E-state index in [4.69, 9.17) is 14.2 Å². The van der Waals surface area contributed by atoms with Gasteiger partial charge in [-0.3, -0.25) is 4.79 Å². The summed E-state index contributed by atoms with van der Waals surface area (Å²) in [6.45, 7) is 3.84. The molecule has 9 nitrogen and oxygen atoms in total. The van der Waals surface area contributed by atoms with Gasteiger partial charge in [-0.25, -0.2) is 13.5 Å². The van der Waals surface area contributed by atoms with E-state index in [1.807, 2.05) is 19.1 Å². The highest BCUT2D eigenvalue weighted by atomic mass is 79.9. The van der Waals surface area contributed by atoms with E-state index in [2.05, 4.69) is 31.4 Å². The second-order valence-electron chi connectivity index (χ2n) is 7.53. The van der Waals surface area contributed by atoms with Gasteiger partial charge in [0.05, 0.1) is 24.9 Å². The lowest BCUT2D eigenvalue weighted by Crippen LogP contribution is -2.19. The van der Waals surface area contributed by atoms with Crippen molar-refractivity contribution in [2.24, 2.45) is 0 Å². The van der Waals surface area contributed by atoms with Crippen molar-refractivity contribution < 1.29 is 22.6 Å². The minimum Gasteiger partial charge on any atom is -0.493 e. The molecule has 0 saturated carbocycles. The molecule has 2 aromatic carbocycles. The molecule has 1 aromatic heterocycles. The Bertz CT molecular complexity index is 1340. The van der Waals surface area contributed by atoms with Crippen LogP contribution in [0.5, 0.6) is 17.4 Å². The van der Waals surface area contributed by atoms with Crippen LogP contribution in [-0.4, -0.2) is 45.2 Å². The number of hydrogen-bond acceptors (Lipinski definition) is 8. The van der Waals surface area contributed by atoms with Crippen molar-refractivity contribution >= 4 is 31.5 Å². The summed E-state index contributed by atoms with van der Waals surface area (Å²) >= 11 is 3.25. The first-order valence-corrected chi connectivity index (χ1v) is 12.8. The lowest BCUT2D eigenvalue weighted by Gasteiger charge is -2.15. The highest BCUT2D eigenvalue weighted by Crippen LogP contribution is 2.30. The highest BCUT2D eigenvalue weighted by Gasteiger charge is 2.19. The first kappa shape index (κ1) is 25.6. The van der Waals surface area contributed by atoms with Gasteiger partial charge in [0.15, 0.2) is 21.3 Å². The van der Waals surface area contributed by atoms with Gasteiger partial charge < -0.3 is 19.5 Å². The zero-order valence-electron chi connectivity index (χ0n) is 19.3. The molecule has 34 heavy (non-hydrogen) atoms. The third kappa shape index (κ3) is 5.89. The number of benzene rings is 2. The Morgan fingerprint density at radius 2 is 1.79 bits per heavy atom. The van der Waals surface area contributed by atoms with E-state index in [0.717, 1.165) is 11.1 Å². The van der Waals surface area contributed by atoms with Gasteiger partial charge in [0, 0.05) is 6.54 Å². The lowest BCUT2D eigenvalue weighted by atomic mass is 10.2. The second kappa shape index (κ2) is 10.9. The van der Waals surface area contributed by atoms with Crippen molar-refractivity contribution in [1.82, 2.24) is 10.2 Å². The molecule has 0 aliphatic heterocycles. The van der Waals surface area contributed by atoms with Gasteiger partial charge in [-0.1, -0.05) is 23.8 Å². The molecule has 2 N–H and O–H groups in total. The molecule has 0 amide bonds. The zero-order chi connectivity index (χ0) is 24.9. The fourth-order valence-corrected chi connectivity index (χ4v) is 5.10. The number of nitrogens with zero attached hydrogens (tertiary/aromatic N) is 1. The summed E-state index contributed by atoms with van der Waals surface area (Å²) < 4.78 is 42.0. The van der Waals surface area contributed by atoms with Crippen LogP contribution in [0.1, 0.15) is 16.7 Å². The van der Waals surface area contributed by atoms with Crippen LogP contribution in [0.3, 0.4) is 0 Å². The Kier molecular flexibility index (Phi) is 8.21. The highest BCUT2D eigenvalue weighted by molar-refractivity contribution is 9.10. The van der Waals surface area contributed by atoms with Crippen molar-refractivity contribution in [2.75, 3.05) is 31.9 Å². The van der Waals surface area contributed by atoms with E-state index in [1.54, 1.807) is 45.4 Å². The number of aromatic nitrogens is 2. The summed E-state index contributed by atoms with van der Waals surface area (Å²) in [7, 11) is -0.461. The van der Waals surface area contributed by atoms with Crippen molar-refractivity contribution in [3.63, 3.8) is 0 Å². The van der Waals surface area contributed by atoms with Crippen LogP contribution in [0, 0.1) is 13.8 Å². The third-order valence-corrected chi connectivity index (χ3v) is 7.65. The molecule has 3 aromatic rings. The normalized spacial score (nSPS) is 11.2. The molecule has 0 aliphatic rings. The topological polar surface area (TPSA) is 120 Å². The number of rotatable bonds is 10. The molecule has 0 radical (unpaired) electrons. The predicted molar refractivity (Wildman–Crippen MR) is 133 cm³/mol. The number of H-pyrrole nitrogens is 1. The van der Waals surface area contributed by atoms with Gasteiger partial charge in [-0.15, -0.1) is 5.10 Å². The Balaban J connectivity index is 1.75. The second-order valence-corrected chi connectivity index (χ2v) is 10.4. The number of hydrogen-bond donors (Lipinski definition) is 2. The van der Waals surface area contributed by atoms with Gasteiger partial charge in [-0.05, 0) is 59.1 Å². The number of methoxy groups -OCH3 is 2. The molecular weight excluding hydrogens is 526 g/mol. The smallest absolute Gasteiger partial charge is 0.280 e. The van der Waals surface area contributed by atoms with Crippen LogP contribution in [0.4, 0.5) is 5.69 Å². The number of ether oxygens (including phenoxy) is 3. The van der Waals surface area contributed by atoms with Gasteiger partial charge in [0.2, 0.25) is 0 Å². The van der Waals surface area contributed by atoms with Crippen LogP contribution in [0.15, 0.2) is 50.6 Å². The monoisotopic (exact) mass is 551 g/mol. The van der Waals surface area contributed by atoms with E-state index in [1.165, 1.54) is 0 Å². The number of sulfone groups is 1. The van der Waals surface area contributed by atoms with Crippen LogP contribution in [0.25, 0.3) is 0 Å². The number of nitrogens with one attached hydrogen (secondary N) is 2. The Labute approximate surface area is 206 Å². The number of anilines is 1. The van der Waals surface area contributed by atoms with Crippen molar-refractivity contribution in [2.45, 2.75) is 25.3 Å². The van der Waals surface area contributed by atoms with E-state index in [9.17, 15) is 13.2 Å². The molecular formula is C23H26BrN3O6S. The Morgan fingerprint density at radius 3 is 2.47 bits per heavy atom. The lowest BCUT2D eigenvalue weighted by molar-refractivity contribution is 0.324. The average Bonchev–Trinajstić information content (AvgIpc) is 2.80. The summed E-state index contributed by atoms with van der Waals surface area (Å²) in [5.74, 6) is 0.991. The molecule has 11 heteroatoms. The molecule has 0 spiro atoms. The standard InChI is InChI=1S/C23H26BrN3O6S/c1-14-5-8-19(15(2)11-14)34(29,30)10-9-33-23-21(20(24)22(28)26-27-23)25-13-16-6-7-17(31-3)18(12-16)32-4/h5-8,11-12H,9-10,13H2,1-4H3,(H2,25,26,28). The van der Waals surface area contributed by atoms with Crippen LogP contribution in [0.2, 0.25) is 0 Å². The molecule has 0 fully saturated rings. The van der Waals surface area contributed by atoms with Gasteiger partial charge in [0.25, 0.3) is 11.4 Å². The van der Waals surface area contributed by atoms with Crippen molar-refractivity contribution in [3.05, 3.63) is 67.9 Å². The maximum Gasteiger partial charge on any atom is 0.280 e. The summed E-state index contributed by atoms with van der Waals surface area (Å²) in [5.41, 5.74) is 2.38.